The number of rotatable bonds is 4. The zero-order valence-corrected chi connectivity index (χ0v) is 50.7. The molecule has 1 nitrogen and oxygen atoms in total. The highest BCUT2D eigenvalue weighted by atomic mass is 16.3. The van der Waals surface area contributed by atoms with Gasteiger partial charge in [0.1, 0.15) is 215 Å². The smallest absolute Gasteiger partial charge is 0.143 e. The van der Waals surface area contributed by atoms with Crippen molar-refractivity contribution in [3.05, 3.63) is 24.3 Å². The van der Waals surface area contributed by atoms with Crippen LogP contribution < -0.4 is 142 Å². The maximum atomic E-state index is 6.94. The summed E-state index contributed by atoms with van der Waals surface area (Å²) in [5, 5.41) is 10.9. The Balaban J connectivity index is 1.32. The average molecular weight is 930 g/mol. The second-order valence-corrected chi connectivity index (χ2v) is 23.8. The molecule has 0 amide bonds. The van der Waals surface area contributed by atoms with Crippen LogP contribution in [0.25, 0.3) is 98.8 Å². The van der Waals surface area contributed by atoms with Crippen molar-refractivity contribution in [2.75, 3.05) is 0 Å². The van der Waals surface area contributed by atoms with E-state index in [0.717, 1.165) is 11.2 Å². The minimum atomic E-state index is 1.03. The molecule has 0 unspecified atom stereocenters. The number of hydrogen-bond acceptors (Lipinski definition) is 1. The van der Waals surface area contributed by atoms with Crippen molar-refractivity contribution >= 4 is 400 Å². The number of furan rings is 1. The van der Waals surface area contributed by atoms with Crippen LogP contribution in [0.15, 0.2) is 28.7 Å². The van der Waals surface area contributed by atoms with Crippen LogP contribution in [-0.2, 0) is 0 Å². The SMILES string of the molecule is Bc1c(B)c(-c2c3c(B)c(B)c(B)c(B)c3c(-c3ccc(-c4c(B)c(B)c(B)c5c(B)c(B)c(B)c(B)c45)cc3)c3c(B)c(B)c(B)c(B)c23)c(B)c(B)c1-c1c(B)c(B)c2oc3c(B)c(B)c(B)c(B)c3c2c1B. The quantitative estimate of drug-likeness (QED) is 0.127. The molecule has 1 aromatic heterocycles. The Hall–Kier alpha value is -4.75. The van der Waals surface area contributed by atoms with Crippen molar-refractivity contribution in [1.29, 1.82) is 0 Å². The van der Waals surface area contributed by atoms with Gasteiger partial charge in [0.25, 0.3) is 0 Å². The Morgan fingerprint density at radius 2 is 0.373 bits per heavy atom. The maximum absolute atomic E-state index is 6.94. The largest absolute Gasteiger partial charge is 0.457 e. The second kappa shape index (κ2) is 18.4. The molecule has 0 aliphatic carbocycles. The van der Waals surface area contributed by atoms with Gasteiger partial charge in [-0.25, -0.2) is 0 Å². The van der Waals surface area contributed by atoms with E-state index in [1.165, 1.54) is 230 Å². The number of fused-ring (bicyclic) bond motifs is 6. The summed E-state index contributed by atoms with van der Waals surface area (Å²) < 4.78 is 6.94. The van der Waals surface area contributed by atoms with Gasteiger partial charge < -0.3 is 4.42 Å². The lowest BCUT2D eigenvalue weighted by molar-refractivity contribution is 0.675. The fraction of sp³-hybridized carbons (Fsp3) is 0. The molecule has 0 radical (unpaired) electrons. The lowest BCUT2D eigenvalue weighted by Gasteiger charge is -2.31. The van der Waals surface area contributed by atoms with Crippen LogP contribution in [0.2, 0.25) is 0 Å². The standard InChI is InChI=1S/C48H56B26O/c49-21-17(34(62)45(73)47-19(21)20-35(63)43(71)44(72)46(74)48(20)75-47)18-30(58)28(56)15(29(57)31(18)59)9-13-10(23(51)37(65)40(68)26(13)54)7(11-14(9)27(55)41(69)38(66)24(11)52)5-1-3-6(4-2-5)8-12-16(32(60)36(64)22(8)50)33(61)42(70)39(67)25(12)53/h1-4H,49-74H2. The van der Waals surface area contributed by atoms with Gasteiger partial charge in [0, 0.05) is 10.8 Å². The molecule has 1 heterocycles. The zero-order valence-electron chi connectivity index (χ0n) is 50.7. The number of hydrogen-bond donors (Lipinski definition) is 0. The highest BCUT2D eigenvalue weighted by Gasteiger charge is 2.30. The van der Waals surface area contributed by atoms with E-state index in [0.29, 0.717) is 0 Å². The lowest BCUT2D eigenvalue weighted by atomic mass is 9.56. The summed E-state index contributed by atoms with van der Waals surface area (Å²) in [6.07, 6.45) is 0. The van der Waals surface area contributed by atoms with Crippen molar-refractivity contribution in [2.24, 2.45) is 0 Å². The second-order valence-electron chi connectivity index (χ2n) is 23.8. The fourth-order valence-electron chi connectivity index (χ4n) is 14.6. The molecule has 0 spiro atoms. The van der Waals surface area contributed by atoms with Gasteiger partial charge in [0.2, 0.25) is 0 Å². The van der Waals surface area contributed by atoms with E-state index in [9.17, 15) is 0 Å². The fourth-order valence-corrected chi connectivity index (χ4v) is 14.6. The molecule has 0 N–H and O–H groups in total. The molecule has 0 aliphatic rings. The Morgan fingerprint density at radius 1 is 0.160 bits per heavy atom. The molecule has 0 saturated heterocycles. The maximum Gasteiger partial charge on any atom is 0.143 e. The molecule has 10 aromatic rings. The van der Waals surface area contributed by atoms with Crippen molar-refractivity contribution in [2.45, 2.75) is 0 Å². The van der Waals surface area contributed by atoms with Crippen LogP contribution in [0.1, 0.15) is 0 Å². The predicted octanol–water partition coefficient (Wildman–Crippen LogP) is -31.6. The normalized spacial score (nSPS) is 11.8. The zero-order chi connectivity index (χ0) is 54.9. The third-order valence-corrected chi connectivity index (χ3v) is 21.1. The lowest BCUT2D eigenvalue weighted by Crippen LogP contribution is -2.52. The first-order valence-corrected chi connectivity index (χ1v) is 27.7. The predicted molar refractivity (Wildman–Crippen MR) is 421 cm³/mol. The van der Waals surface area contributed by atoms with E-state index in [4.69, 9.17) is 4.42 Å². The Morgan fingerprint density at radius 3 is 0.760 bits per heavy atom. The van der Waals surface area contributed by atoms with E-state index in [1.54, 1.807) is 0 Å². The summed E-state index contributed by atoms with van der Waals surface area (Å²) in [6.45, 7) is 0. The van der Waals surface area contributed by atoms with Crippen LogP contribution >= 0.6 is 0 Å². The topological polar surface area (TPSA) is 13.1 Å². The third-order valence-electron chi connectivity index (χ3n) is 21.1. The van der Waals surface area contributed by atoms with E-state index < -0.39 is 0 Å². The molecular formula is C48H56B26O. The Kier molecular flexibility index (Phi) is 13.2. The highest BCUT2D eigenvalue weighted by Crippen LogP contribution is 2.40. The van der Waals surface area contributed by atoms with E-state index in [1.807, 2.05) is 0 Å². The summed E-state index contributed by atoms with van der Waals surface area (Å²) in [4.78, 5) is 0. The number of benzene rings is 9. The summed E-state index contributed by atoms with van der Waals surface area (Å²) >= 11 is 0. The molecule has 332 valence electrons. The third kappa shape index (κ3) is 7.15. The van der Waals surface area contributed by atoms with Crippen LogP contribution in [0.4, 0.5) is 0 Å². The van der Waals surface area contributed by atoms with Gasteiger partial charge in [0.05, 0.1) is 0 Å². The molecule has 9 aromatic carbocycles. The van der Waals surface area contributed by atoms with E-state index in [-0.39, 0.29) is 0 Å². The van der Waals surface area contributed by atoms with Crippen LogP contribution in [0, 0.1) is 0 Å². The van der Waals surface area contributed by atoms with Crippen LogP contribution in [-0.4, -0.2) is 204 Å². The van der Waals surface area contributed by atoms with E-state index >= 15 is 0 Å². The summed E-state index contributed by atoms with van der Waals surface area (Å²) in [7, 11) is 61.0. The Labute approximate surface area is 470 Å². The van der Waals surface area contributed by atoms with Crippen molar-refractivity contribution in [3.63, 3.8) is 0 Å². The summed E-state index contributed by atoms with van der Waals surface area (Å²) in [5.74, 6) is 0. The molecule has 0 aliphatic heterocycles. The first-order chi connectivity index (χ1) is 35.1. The molecular weight excluding hydrogens is 874 g/mol. The molecule has 10 rings (SSSR count). The highest BCUT2D eigenvalue weighted by molar-refractivity contribution is 6.76. The summed E-state index contributed by atoms with van der Waals surface area (Å²) in [6, 6.07) is 9.79. The summed E-state index contributed by atoms with van der Waals surface area (Å²) in [5.41, 5.74) is 48.2. The average Bonchev–Trinajstić information content (AvgIpc) is 3.81. The van der Waals surface area contributed by atoms with Crippen molar-refractivity contribution in [3.8, 4) is 44.5 Å². The van der Waals surface area contributed by atoms with E-state index in [2.05, 4.69) is 228 Å². The molecule has 75 heavy (non-hydrogen) atoms. The minimum Gasteiger partial charge on any atom is -0.457 e. The molecule has 0 atom stereocenters. The van der Waals surface area contributed by atoms with Crippen molar-refractivity contribution in [1.82, 2.24) is 0 Å². The first kappa shape index (κ1) is 53.6. The van der Waals surface area contributed by atoms with Crippen molar-refractivity contribution < 1.29 is 4.42 Å². The molecule has 27 heteroatoms. The van der Waals surface area contributed by atoms with Gasteiger partial charge >= 0.3 is 0 Å². The monoisotopic (exact) mass is 935 g/mol. The van der Waals surface area contributed by atoms with Gasteiger partial charge in [0.15, 0.2) is 0 Å². The van der Waals surface area contributed by atoms with Gasteiger partial charge in [-0.1, -0.05) is 123 Å². The van der Waals surface area contributed by atoms with Crippen LogP contribution in [0.3, 0.4) is 0 Å². The molecule has 0 fully saturated rings. The van der Waals surface area contributed by atoms with Gasteiger partial charge in [-0.05, 0) is 76.8 Å². The molecule has 0 bridgehead atoms. The minimum absolute atomic E-state index is 1.03. The first-order valence-electron chi connectivity index (χ1n) is 27.7. The van der Waals surface area contributed by atoms with Gasteiger partial charge in [-0.3, -0.25) is 0 Å². The molecule has 0 saturated carbocycles. The van der Waals surface area contributed by atoms with Gasteiger partial charge in [-0.2, -0.15) is 0 Å². The Bertz CT molecular complexity index is 4230. The van der Waals surface area contributed by atoms with Crippen LogP contribution in [0.5, 0.6) is 0 Å². The van der Waals surface area contributed by atoms with Gasteiger partial charge in [-0.15, -0.1) is 43.7 Å².